The van der Waals surface area contributed by atoms with E-state index < -0.39 is 6.04 Å². The van der Waals surface area contributed by atoms with Gasteiger partial charge in [-0.1, -0.05) is 24.3 Å². The van der Waals surface area contributed by atoms with Crippen LogP contribution >= 0.6 is 11.3 Å². The molecule has 2 aromatic carbocycles. The predicted molar refractivity (Wildman–Crippen MR) is 119 cm³/mol. The van der Waals surface area contributed by atoms with Crippen LogP contribution in [0.2, 0.25) is 0 Å². The van der Waals surface area contributed by atoms with E-state index in [1.807, 2.05) is 53.9 Å². The number of hydrogen-bond donors (Lipinski definition) is 1. The summed E-state index contributed by atoms with van der Waals surface area (Å²) in [5, 5.41) is 5.82. The van der Waals surface area contributed by atoms with E-state index in [2.05, 4.69) is 10.3 Å². The Kier molecular flexibility index (Phi) is 5.09. The fourth-order valence-corrected chi connectivity index (χ4v) is 4.44. The summed E-state index contributed by atoms with van der Waals surface area (Å²) >= 11 is 1.56. The lowest BCUT2D eigenvalue weighted by Gasteiger charge is -2.35. The molecule has 0 bridgehead atoms. The van der Waals surface area contributed by atoms with Crippen LogP contribution in [0.15, 0.2) is 82.9 Å². The van der Waals surface area contributed by atoms with E-state index >= 15 is 0 Å². The summed E-state index contributed by atoms with van der Waals surface area (Å²) in [4.78, 5) is 32.2. The molecule has 3 heterocycles. The second kappa shape index (κ2) is 8.20. The SMILES string of the molecule is O=C(Nc1ccc(-c2nccs2)cc1)[C@@H]1Cc2ccccc2CN1C(=O)c1ccco1. The smallest absolute Gasteiger partial charge is 0.290 e. The average molecular weight is 430 g/mol. The zero-order valence-corrected chi connectivity index (χ0v) is 17.3. The maximum absolute atomic E-state index is 13.2. The summed E-state index contributed by atoms with van der Waals surface area (Å²) in [6, 6.07) is 18.1. The van der Waals surface area contributed by atoms with Gasteiger partial charge >= 0.3 is 0 Å². The molecule has 154 valence electrons. The number of carbonyl (C=O) groups excluding carboxylic acids is 2. The van der Waals surface area contributed by atoms with E-state index in [0.717, 1.165) is 21.7 Å². The van der Waals surface area contributed by atoms with Crippen LogP contribution in [0.1, 0.15) is 21.7 Å². The van der Waals surface area contributed by atoms with Gasteiger partial charge in [0.15, 0.2) is 5.76 Å². The topological polar surface area (TPSA) is 75.4 Å². The molecule has 31 heavy (non-hydrogen) atoms. The molecular formula is C24H19N3O3S. The molecule has 1 aliphatic heterocycles. The van der Waals surface area contributed by atoms with Crippen LogP contribution in [-0.2, 0) is 17.8 Å². The molecule has 5 rings (SSSR count). The Hall–Kier alpha value is -3.71. The maximum Gasteiger partial charge on any atom is 0.290 e. The molecular weight excluding hydrogens is 410 g/mol. The molecule has 0 aliphatic carbocycles. The minimum atomic E-state index is -0.633. The quantitative estimate of drug-likeness (QED) is 0.514. The van der Waals surface area contributed by atoms with E-state index in [-0.39, 0.29) is 17.6 Å². The van der Waals surface area contributed by atoms with Gasteiger partial charge in [-0.15, -0.1) is 11.3 Å². The van der Waals surface area contributed by atoms with Gasteiger partial charge in [-0.25, -0.2) is 4.98 Å². The minimum absolute atomic E-state index is 0.226. The summed E-state index contributed by atoms with van der Waals surface area (Å²) in [5.41, 5.74) is 3.79. The van der Waals surface area contributed by atoms with Gasteiger partial charge in [-0.2, -0.15) is 0 Å². The van der Waals surface area contributed by atoms with E-state index in [4.69, 9.17) is 4.42 Å². The number of rotatable bonds is 4. The van der Waals surface area contributed by atoms with Crippen LogP contribution in [-0.4, -0.2) is 27.7 Å². The van der Waals surface area contributed by atoms with Crippen molar-refractivity contribution in [3.63, 3.8) is 0 Å². The number of anilines is 1. The van der Waals surface area contributed by atoms with Crippen molar-refractivity contribution in [1.29, 1.82) is 0 Å². The number of amides is 2. The van der Waals surface area contributed by atoms with E-state index in [1.165, 1.54) is 6.26 Å². The number of furan rings is 1. The summed E-state index contributed by atoms with van der Waals surface area (Å²) in [6.07, 6.45) is 3.68. The summed E-state index contributed by atoms with van der Waals surface area (Å²) in [7, 11) is 0. The van der Waals surface area contributed by atoms with Crippen molar-refractivity contribution < 1.29 is 14.0 Å². The van der Waals surface area contributed by atoms with Crippen molar-refractivity contribution in [2.75, 3.05) is 5.32 Å². The van der Waals surface area contributed by atoms with Gasteiger partial charge in [0.2, 0.25) is 5.91 Å². The van der Waals surface area contributed by atoms with Crippen molar-refractivity contribution in [3.8, 4) is 10.6 Å². The largest absolute Gasteiger partial charge is 0.459 e. The molecule has 0 unspecified atom stereocenters. The number of fused-ring (bicyclic) bond motifs is 1. The number of hydrogen-bond acceptors (Lipinski definition) is 5. The van der Waals surface area contributed by atoms with Crippen molar-refractivity contribution in [2.45, 2.75) is 19.0 Å². The van der Waals surface area contributed by atoms with E-state index in [9.17, 15) is 9.59 Å². The lowest BCUT2D eigenvalue weighted by atomic mass is 9.93. The summed E-state index contributed by atoms with van der Waals surface area (Å²) in [6.45, 7) is 0.358. The second-order valence-electron chi connectivity index (χ2n) is 7.30. The van der Waals surface area contributed by atoms with Gasteiger partial charge in [-0.05, 0) is 47.5 Å². The highest BCUT2D eigenvalue weighted by Gasteiger charge is 2.36. The molecule has 0 radical (unpaired) electrons. The van der Waals surface area contributed by atoms with Crippen molar-refractivity contribution in [1.82, 2.24) is 9.88 Å². The number of benzene rings is 2. The highest BCUT2D eigenvalue weighted by atomic mass is 32.1. The van der Waals surface area contributed by atoms with Gasteiger partial charge in [0, 0.05) is 35.8 Å². The Labute approximate surface area is 183 Å². The van der Waals surface area contributed by atoms with Crippen LogP contribution in [0, 0.1) is 0 Å². The number of nitrogens with zero attached hydrogens (tertiary/aromatic N) is 2. The molecule has 0 saturated carbocycles. The molecule has 1 atom stereocenters. The third-order valence-corrected chi connectivity index (χ3v) is 6.20. The minimum Gasteiger partial charge on any atom is -0.459 e. The molecule has 7 heteroatoms. The lowest BCUT2D eigenvalue weighted by molar-refractivity contribution is -0.121. The van der Waals surface area contributed by atoms with Crippen LogP contribution in [0.25, 0.3) is 10.6 Å². The number of carbonyl (C=O) groups is 2. The van der Waals surface area contributed by atoms with Gasteiger partial charge in [0.05, 0.1) is 6.26 Å². The first-order chi connectivity index (χ1) is 15.2. The standard InChI is InChI=1S/C24H19N3O3S/c28-22(26-19-9-7-16(8-10-19)23-25-11-13-31-23)20-14-17-4-1-2-5-18(17)15-27(20)24(29)21-6-3-12-30-21/h1-13,20H,14-15H2,(H,26,28)/t20-/m0/s1. The summed E-state index contributed by atoms with van der Waals surface area (Å²) in [5.74, 6) is -0.292. The van der Waals surface area contributed by atoms with Gasteiger partial charge in [0.1, 0.15) is 11.0 Å². The molecule has 0 saturated heterocycles. The predicted octanol–water partition coefficient (Wildman–Crippen LogP) is 4.61. The van der Waals surface area contributed by atoms with Gasteiger partial charge in [-0.3, -0.25) is 9.59 Å². The van der Waals surface area contributed by atoms with Gasteiger partial charge < -0.3 is 14.6 Å². The fourth-order valence-electron chi connectivity index (χ4n) is 3.80. The Morgan fingerprint density at radius 1 is 1.03 bits per heavy atom. The Bertz CT molecular complexity index is 1200. The molecule has 4 aromatic rings. The van der Waals surface area contributed by atoms with Crippen molar-refractivity contribution in [2.24, 2.45) is 0 Å². The third-order valence-electron chi connectivity index (χ3n) is 5.38. The van der Waals surface area contributed by atoms with E-state index in [1.54, 1.807) is 34.6 Å². The van der Waals surface area contributed by atoms with Crippen LogP contribution < -0.4 is 5.32 Å². The number of nitrogens with one attached hydrogen (secondary N) is 1. The average Bonchev–Trinajstić information content (AvgIpc) is 3.53. The zero-order valence-electron chi connectivity index (χ0n) is 16.5. The Morgan fingerprint density at radius 2 is 1.84 bits per heavy atom. The first kappa shape index (κ1) is 19.3. The van der Waals surface area contributed by atoms with Crippen molar-refractivity contribution >= 4 is 28.8 Å². The molecule has 0 spiro atoms. The van der Waals surface area contributed by atoms with E-state index in [0.29, 0.717) is 18.7 Å². The Morgan fingerprint density at radius 3 is 2.55 bits per heavy atom. The highest BCUT2D eigenvalue weighted by molar-refractivity contribution is 7.13. The Balaban J connectivity index is 1.39. The maximum atomic E-state index is 13.2. The summed E-state index contributed by atoms with van der Waals surface area (Å²) < 4.78 is 5.30. The monoisotopic (exact) mass is 429 g/mol. The van der Waals surface area contributed by atoms with Crippen LogP contribution in [0.4, 0.5) is 5.69 Å². The first-order valence-electron chi connectivity index (χ1n) is 9.91. The number of thiazole rings is 1. The molecule has 6 nitrogen and oxygen atoms in total. The second-order valence-corrected chi connectivity index (χ2v) is 8.20. The van der Waals surface area contributed by atoms with Gasteiger partial charge in [0.25, 0.3) is 5.91 Å². The molecule has 0 fully saturated rings. The van der Waals surface area contributed by atoms with Crippen LogP contribution in [0.3, 0.4) is 0 Å². The number of aromatic nitrogens is 1. The van der Waals surface area contributed by atoms with Crippen LogP contribution in [0.5, 0.6) is 0 Å². The molecule has 1 N–H and O–H groups in total. The highest BCUT2D eigenvalue weighted by Crippen LogP contribution is 2.27. The molecule has 2 amide bonds. The third kappa shape index (κ3) is 3.87. The van der Waals surface area contributed by atoms with Crippen molar-refractivity contribution in [3.05, 3.63) is 95.4 Å². The lowest BCUT2D eigenvalue weighted by Crippen LogP contribution is -2.50. The fraction of sp³-hybridized carbons (Fsp3) is 0.125. The molecule has 1 aliphatic rings. The first-order valence-corrected chi connectivity index (χ1v) is 10.8. The molecule has 2 aromatic heterocycles. The zero-order chi connectivity index (χ0) is 21.2. The normalized spacial score (nSPS) is 15.4.